The summed E-state index contributed by atoms with van der Waals surface area (Å²) in [5.74, 6) is 6.02. The predicted octanol–water partition coefficient (Wildman–Crippen LogP) is -0.206. The van der Waals surface area contributed by atoms with E-state index in [9.17, 15) is 9.59 Å². The molecule has 176 valence electrons. The summed E-state index contributed by atoms with van der Waals surface area (Å²) >= 11 is 0. The fraction of sp³-hybridized carbons (Fsp3) is 0.136. The maximum atomic E-state index is 12.5. The molecule has 0 aliphatic carbocycles. The molecule has 9 N–H and O–H groups in total. The highest BCUT2D eigenvalue weighted by atomic mass is 16.5. The topological polar surface area (TPSA) is 186 Å². The number of carbonyl (C=O) groups is 2. The van der Waals surface area contributed by atoms with Crippen molar-refractivity contribution >= 4 is 23.6 Å². The smallest absolute Gasteiger partial charge is 0.320 e. The van der Waals surface area contributed by atoms with Crippen LogP contribution in [0.5, 0.6) is 5.75 Å². The van der Waals surface area contributed by atoms with Gasteiger partial charge in [0.25, 0.3) is 5.91 Å². The zero-order chi connectivity index (χ0) is 24.3. The number of hydrogen-bond acceptors (Lipinski definition) is 7. The van der Waals surface area contributed by atoms with E-state index < -0.39 is 11.9 Å². The van der Waals surface area contributed by atoms with Gasteiger partial charge in [0.1, 0.15) is 23.6 Å². The molecule has 0 aliphatic rings. The molecule has 0 saturated carbocycles. The normalized spacial score (nSPS) is 10.9. The molecule has 0 radical (unpaired) electrons. The van der Waals surface area contributed by atoms with Gasteiger partial charge in [-0.05, 0) is 28.4 Å². The Morgan fingerprint density at radius 2 is 1.79 bits per heavy atom. The van der Waals surface area contributed by atoms with Gasteiger partial charge < -0.3 is 21.1 Å². The number of benzene rings is 2. The average molecular weight is 465 g/mol. The first kappa shape index (κ1) is 24.1. The number of anilines is 1. The fourth-order valence-corrected chi connectivity index (χ4v) is 2.90. The molecule has 0 atom stereocenters. The van der Waals surface area contributed by atoms with Gasteiger partial charge in [-0.15, -0.1) is 5.53 Å². The van der Waals surface area contributed by atoms with Crippen LogP contribution in [-0.2, 0) is 13.1 Å². The lowest BCUT2D eigenvalue weighted by molar-refractivity contribution is -0.673. The summed E-state index contributed by atoms with van der Waals surface area (Å²) in [6.07, 6.45) is 1.21. The van der Waals surface area contributed by atoms with Crippen LogP contribution in [0, 0.1) is 0 Å². The number of carbonyl (C=O) groups excluding carboxylic acids is 2. The Balaban J connectivity index is 1.52. The predicted molar refractivity (Wildman–Crippen MR) is 125 cm³/mol. The summed E-state index contributed by atoms with van der Waals surface area (Å²) in [4.78, 5) is 32.7. The van der Waals surface area contributed by atoms with Crippen molar-refractivity contribution in [1.29, 1.82) is 0 Å². The summed E-state index contributed by atoms with van der Waals surface area (Å²) in [7, 11) is 1.58. The molecule has 3 rings (SSSR count). The summed E-state index contributed by atoms with van der Waals surface area (Å²) < 4.78 is 5.17. The number of nitrogens with two attached hydrogens (primary N) is 3. The lowest BCUT2D eigenvalue weighted by atomic mass is 10.1. The fourth-order valence-electron chi connectivity index (χ4n) is 2.90. The van der Waals surface area contributed by atoms with Crippen molar-refractivity contribution in [2.24, 2.45) is 16.7 Å². The van der Waals surface area contributed by atoms with Gasteiger partial charge in [-0.25, -0.2) is 14.8 Å². The molecule has 0 aliphatic heterocycles. The third-order valence-corrected chi connectivity index (χ3v) is 4.64. The Morgan fingerprint density at radius 1 is 1.03 bits per heavy atom. The van der Waals surface area contributed by atoms with Crippen LogP contribution in [0.3, 0.4) is 0 Å². The first-order chi connectivity index (χ1) is 16.5. The van der Waals surface area contributed by atoms with Gasteiger partial charge in [-0.1, -0.05) is 36.4 Å². The van der Waals surface area contributed by atoms with Crippen LogP contribution in [0.2, 0.25) is 0 Å². The number of amides is 3. The lowest BCUT2D eigenvalue weighted by Crippen LogP contribution is -2.86. The van der Waals surface area contributed by atoms with E-state index in [4.69, 9.17) is 16.3 Å². The van der Waals surface area contributed by atoms with Crippen molar-refractivity contribution in [3.05, 3.63) is 83.3 Å². The molecule has 3 aromatic rings. The molecule has 0 bridgehead atoms. The number of nitrogens with zero attached hydrogens (tertiary/aromatic N) is 3. The van der Waals surface area contributed by atoms with E-state index in [0.717, 1.165) is 16.7 Å². The minimum atomic E-state index is -0.469. The van der Waals surface area contributed by atoms with E-state index in [1.165, 1.54) is 12.4 Å². The Labute approximate surface area is 195 Å². The summed E-state index contributed by atoms with van der Waals surface area (Å²) in [6, 6.07) is 15.4. The number of quaternary nitrogens is 1. The number of amidine groups is 1. The maximum Gasteiger partial charge on any atom is 0.320 e. The first-order valence-electron chi connectivity index (χ1n) is 10.2. The minimum absolute atomic E-state index is 0.115. The van der Waals surface area contributed by atoms with Crippen molar-refractivity contribution in [3.63, 3.8) is 0 Å². The minimum Gasteiger partial charge on any atom is -0.497 e. The van der Waals surface area contributed by atoms with E-state index in [1.807, 2.05) is 36.4 Å². The second-order valence-electron chi connectivity index (χ2n) is 6.99. The van der Waals surface area contributed by atoms with Crippen LogP contribution in [0.4, 0.5) is 10.6 Å². The van der Waals surface area contributed by atoms with E-state index in [-0.39, 0.29) is 18.1 Å². The Morgan fingerprint density at radius 3 is 2.53 bits per heavy atom. The van der Waals surface area contributed by atoms with E-state index in [1.54, 1.807) is 19.2 Å². The number of urea groups is 1. The number of nitrogens with one attached hydrogen (secondary N) is 3. The molecule has 12 heteroatoms. The van der Waals surface area contributed by atoms with Crippen molar-refractivity contribution < 1.29 is 19.9 Å². The molecular weight excluding hydrogens is 438 g/mol. The second-order valence-corrected chi connectivity index (χ2v) is 6.99. The van der Waals surface area contributed by atoms with E-state index in [2.05, 4.69) is 31.0 Å². The number of ether oxygens (including phenoxy) is 1. The molecule has 2 aromatic carbocycles. The highest BCUT2D eigenvalue weighted by Gasteiger charge is 2.11. The highest BCUT2D eigenvalue weighted by molar-refractivity contribution is 5.97. The lowest BCUT2D eigenvalue weighted by Gasteiger charge is -2.09. The quantitative estimate of drug-likeness (QED) is 0.109. The molecule has 3 amide bonds. The van der Waals surface area contributed by atoms with Crippen LogP contribution >= 0.6 is 0 Å². The van der Waals surface area contributed by atoms with Crippen LogP contribution in [0.25, 0.3) is 0 Å². The zero-order valence-electron chi connectivity index (χ0n) is 18.5. The molecule has 1 heterocycles. The summed E-state index contributed by atoms with van der Waals surface area (Å²) in [6.45, 7) is 0.565. The summed E-state index contributed by atoms with van der Waals surface area (Å²) in [5.41, 5.74) is 9.46. The van der Waals surface area contributed by atoms with Crippen LogP contribution in [0.1, 0.15) is 27.2 Å². The van der Waals surface area contributed by atoms with Crippen LogP contribution in [-0.4, -0.2) is 34.9 Å². The van der Waals surface area contributed by atoms with Gasteiger partial charge in [0.05, 0.1) is 7.11 Å². The Bertz CT molecular complexity index is 1170. The molecule has 0 unspecified atom stereocenters. The molecule has 0 spiro atoms. The van der Waals surface area contributed by atoms with Crippen molar-refractivity contribution in [3.8, 4) is 5.75 Å². The number of rotatable bonds is 9. The SMILES string of the molecule is COc1cccc(CNC(=O)Nc2cc(C(=O)NCc3ccc(/C(N)=N/[NH2+]N)cc3)ncn2)c1. The highest BCUT2D eigenvalue weighted by Crippen LogP contribution is 2.12. The summed E-state index contributed by atoms with van der Waals surface area (Å²) in [5, 5.41) is 11.9. The van der Waals surface area contributed by atoms with E-state index >= 15 is 0 Å². The van der Waals surface area contributed by atoms with Gasteiger partial charge in [0, 0.05) is 24.7 Å². The number of aromatic nitrogens is 2. The first-order valence-corrected chi connectivity index (χ1v) is 10.2. The maximum absolute atomic E-state index is 12.5. The van der Waals surface area contributed by atoms with E-state index in [0.29, 0.717) is 23.7 Å². The van der Waals surface area contributed by atoms with Gasteiger partial charge in [0.2, 0.25) is 0 Å². The Hall–Kier alpha value is -4.55. The van der Waals surface area contributed by atoms with Gasteiger partial charge in [0.15, 0.2) is 5.84 Å². The standard InChI is InChI=1S/C22H25N9O3/c1-34-17-4-2-3-15(9-17)12-26-22(33)29-19-10-18(27-13-28-19)21(32)25-11-14-5-7-16(8-6-14)20(23)30-31-24/h2-10,13,31H,11-12,24H2,1H3,(H2,23,30)(H,25,32)(H2,26,27,28,29,33)/p+1. The molecule has 1 aromatic heterocycles. The molecule has 34 heavy (non-hydrogen) atoms. The van der Waals surface area contributed by atoms with Gasteiger partial charge >= 0.3 is 6.03 Å². The third-order valence-electron chi connectivity index (χ3n) is 4.64. The zero-order valence-corrected chi connectivity index (χ0v) is 18.5. The van der Waals surface area contributed by atoms with Gasteiger partial charge in [-0.3, -0.25) is 10.1 Å². The van der Waals surface area contributed by atoms with Crippen molar-refractivity contribution in [2.75, 3.05) is 12.4 Å². The number of hydrogen-bond donors (Lipinski definition) is 6. The second kappa shape index (κ2) is 11.9. The molecule has 0 saturated heterocycles. The van der Waals surface area contributed by atoms with Crippen molar-refractivity contribution in [2.45, 2.75) is 13.1 Å². The third kappa shape index (κ3) is 6.98. The molecular formula is C22H26N9O3+. The Kier molecular flexibility index (Phi) is 8.43. The monoisotopic (exact) mass is 464 g/mol. The van der Waals surface area contributed by atoms with Gasteiger partial charge in [-0.2, -0.15) is 5.84 Å². The molecule has 12 nitrogen and oxygen atoms in total. The van der Waals surface area contributed by atoms with Crippen molar-refractivity contribution in [1.82, 2.24) is 20.6 Å². The molecule has 0 fully saturated rings. The van der Waals surface area contributed by atoms with Crippen LogP contribution in [0.15, 0.2) is 66.0 Å². The largest absolute Gasteiger partial charge is 0.497 e. The number of methoxy groups -OCH3 is 1. The van der Waals surface area contributed by atoms with Crippen LogP contribution < -0.4 is 37.8 Å². The average Bonchev–Trinajstić information content (AvgIpc) is 2.86.